The summed E-state index contributed by atoms with van der Waals surface area (Å²) in [4.78, 5) is 15.8. The van der Waals surface area contributed by atoms with Crippen LogP contribution in [0.15, 0.2) is 60.7 Å². The van der Waals surface area contributed by atoms with E-state index in [0.717, 1.165) is 41.8 Å². The number of fused-ring (bicyclic) bond motifs is 1. The second-order valence-electron chi connectivity index (χ2n) is 10.0. The maximum absolute atomic E-state index is 13.8. The average molecular weight is 532 g/mol. The smallest absolute Gasteiger partial charge is 0.256 e. The average Bonchev–Trinajstić information content (AvgIpc) is 2.83. The summed E-state index contributed by atoms with van der Waals surface area (Å²) in [6, 6.07) is 20.3. The van der Waals surface area contributed by atoms with Crippen LogP contribution in [-0.2, 0) is 24.8 Å². The number of benzene rings is 3. The highest BCUT2D eigenvalue weighted by Gasteiger charge is 2.23. The highest BCUT2D eigenvalue weighted by atomic mass is 35.5. The molecule has 186 valence electrons. The topological polar surface area (TPSA) is 32.3 Å². The molecule has 1 aliphatic heterocycles. The van der Waals surface area contributed by atoms with Gasteiger partial charge in [-0.05, 0) is 65.1 Å². The third-order valence-corrected chi connectivity index (χ3v) is 7.18. The molecule has 0 aromatic heterocycles. The van der Waals surface area contributed by atoms with Crippen LogP contribution in [0.5, 0.6) is 0 Å². The van der Waals surface area contributed by atoms with E-state index < -0.39 is 0 Å². The van der Waals surface area contributed by atoms with Gasteiger partial charge >= 0.3 is 0 Å². The number of hydrogen-bond acceptors (Lipinski definition) is 2. The Morgan fingerprint density at radius 2 is 1.69 bits per heavy atom. The number of nitrogens with zero attached hydrogens (tertiary/aromatic N) is 1. The van der Waals surface area contributed by atoms with Crippen LogP contribution in [0.4, 0.5) is 5.69 Å². The van der Waals surface area contributed by atoms with E-state index in [1.165, 1.54) is 11.1 Å². The lowest BCUT2D eigenvalue weighted by Crippen LogP contribution is -2.33. The van der Waals surface area contributed by atoms with Crippen LogP contribution >= 0.6 is 35.6 Å². The van der Waals surface area contributed by atoms with Crippen molar-refractivity contribution in [3.8, 4) is 0 Å². The lowest BCUT2D eigenvalue weighted by molar-refractivity contribution is 0.0746. The van der Waals surface area contributed by atoms with Crippen molar-refractivity contribution in [3.05, 3.63) is 98.5 Å². The third-order valence-electron chi connectivity index (χ3n) is 6.44. The highest BCUT2D eigenvalue weighted by Crippen LogP contribution is 2.29. The molecule has 4 rings (SSSR count). The van der Waals surface area contributed by atoms with Gasteiger partial charge in [-0.3, -0.25) is 4.79 Å². The summed E-state index contributed by atoms with van der Waals surface area (Å²) < 4.78 is 0. The van der Waals surface area contributed by atoms with Gasteiger partial charge in [0.1, 0.15) is 0 Å². The van der Waals surface area contributed by atoms with Crippen LogP contribution in [0.1, 0.15) is 59.8 Å². The van der Waals surface area contributed by atoms with E-state index in [1.54, 1.807) is 0 Å². The number of amides is 1. The van der Waals surface area contributed by atoms with Gasteiger partial charge in [0, 0.05) is 19.6 Å². The Kier molecular flexibility index (Phi) is 9.15. The molecule has 35 heavy (non-hydrogen) atoms. The molecule has 0 radical (unpaired) electrons. The minimum Gasteiger partial charge on any atom is -0.384 e. The van der Waals surface area contributed by atoms with E-state index in [1.807, 2.05) is 35.2 Å². The summed E-state index contributed by atoms with van der Waals surface area (Å²) in [5.74, 6) is 0.0474. The third kappa shape index (κ3) is 6.73. The molecule has 3 aromatic carbocycles. The maximum atomic E-state index is 13.8. The molecule has 1 heterocycles. The number of carbonyl (C=O) groups excluding carboxylic acids is 1. The van der Waals surface area contributed by atoms with Crippen molar-refractivity contribution >= 4 is 47.2 Å². The molecule has 0 aliphatic carbocycles. The van der Waals surface area contributed by atoms with E-state index in [-0.39, 0.29) is 23.7 Å². The van der Waals surface area contributed by atoms with Crippen molar-refractivity contribution in [3.63, 3.8) is 0 Å². The van der Waals surface area contributed by atoms with Crippen molar-refractivity contribution in [2.45, 2.75) is 52.0 Å². The number of nitrogens with one attached hydrogen (secondary N) is 1. The standard InChI is InChI=1S/C29H32Cl2N2O.ClH/c1-29(2,3)23-12-9-21(10-13-23)19-33(17-15-20-11-14-25(30)26(31)18-20)28(34)24-8-4-6-22-7-5-16-32-27(22)24;/h4,6,8-14,18,32H,5,7,15-17,19H2,1-3H3;1H. The first-order chi connectivity index (χ1) is 16.2. The van der Waals surface area contributed by atoms with Crippen LogP contribution in [0.25, 0.3) is 0 Å². The van der Waals surface area contributed by atoms with E-state index in [9.17, 15) is 4.79 Å². The first-order valence-corrected chi connectivity index (χ1v) is 12.7. The first kappa shape index (κ1) is 27.4. The lowest BCUT2D eigenvalue weighted by atomic mass is 9.87. The van der Waals surface area contributed by atoms with Gasteiger partial charge in [0.25, 0.3) is 5.91 Å². The van der Waals surface area contributed by atoms with Crippen LogP contribution in [0.2, 0.25) is 10.0 Å². The molecule has 0 fully saturated rings. The molecule has 0 saturated carbocycles. The lowest BCUT2D eigenvalue weighted by Gasteiger charge is -2.27. The summed E-state index contributed by atoms with van der Waals surface area (Å²) in [5, 5.41) is 4.54. The monoisotopic (exact) mass is 530 g/mol. The highest BCUT2D eigenvalue weighted by molar-refractivity contribution is 6.42. The van der Waals surface area contributed by atoms with Crippen molar-refractivity contribution in [1.82, 2.24) is 4.90 Å². The zero-order valence-electron chi connectivity index (χ0n) is 20.5. The fourth-order valence-corrected chi connectivity index (χ4v) is 4.72. The zero-order chi connectivity index (χ0) is 24.3. The molecule has 1 amide bonds. The Hall–Kier alpha value is -2.20. The van der Waals surface area contributed by atoms with Gasteiger partial charge in [-0.15, -0.1) is 12.4 Å². The number of halogens is 3. The van der Waals surface area contributed by atoms with Crippen molar-refractivity contribution in [1.29, 1.82) is 0 Å². The number of aryl methyl sites for hydroxylation is 1. The fourth-order valence-electron chi connectivity index (χ4n) is 4.40. The molecule has 0 atom stereocenters. The minimum atomic E-state index is 0. The Bertz CT molecular complexity index is 1170. The predicted octanol–water partition coefficient (Wildman–Crippen LogP) is 7.96. The summed E-state index contributed by atoms with van der Waals surface area (Å²) >= 11 is 12.3. The number of para-hydroxylation sites is 1. The van der Waals surface area contributed by atoms with Gasteiger partial charge in [-0.2, -0.15) is 0 Å². The Morgan fingerprint density at radius 1 is 0.971 bits per heavy atom. The Labute approximate surface area is 225 Å². The summed E-state index contributed by atoms with van der Waals surface area (Å²) in [6.45, 7) is 8.66. The second kappa shape index (κ2) is 11.7. The molecule has 1 N–H and O–H groups in total. The number of anilines is 1. The van der Waals surface area contributed by atoms with Gasteiger partial charge < -0.3 is 10.2 Å². The van der Waals surface area contributed by atoms with E-state index >= 15 is 0 Å². The molecule has 3 aromatic rings. The van der Waals surface area contributed by atoms with Gasteiger partial charge in [-0.25, -0.2) is 0 Å². The first-order valence-electron chi connectivity index (χ1n) is 11.9. The van der Waals surface area contributed by atoms with Gasteiger partial charge in [-0.1, -0.05) is 86.4 Å². The molecular weight excluding hydrogens is 499 g/mol. The number of rotatable bonds is 6. The normalized spacial score (nSPS) is 12.8. The van der Waals surface area contributed by atoms with Gasteiger partial charge in [0.2, 0.25) is 0 Å². The second-order valence-corrected chi connectivity index (χ2v) is 10.9. The van der Waals surface area contributed by atoms with Crippen molar-refractivity contribution in [2.24, 2.45) is 0 Å². The molecular formula is C29H33Cl3N2O. The van der Waals surface area contributed by atoms with Crippen LogP contribution in [0, 0.1) is 0 Å². The van der Waals surface area contributed by atoms with Crippen molar-refractivity contribution < 1.29 is 4.79 Å². The molecule has 1 aliphatic rings. The van der Waals surface area contributed by atoms with Gasteiger partial charge in [0.15, 0.2) is 0 Å². The SMILES string of the molecule is CC(C)(C)c1ccc(CN(CCc2ccc(Cl)c(Cl)c2)C(=O)c2cccc3c2NCCC3)cc1.Cl. The van der Waals surface area contributed by atoms with Crippen molar-refractivity contribution in [2.75, 3.05) is 18.4 Å². The molecule has 0 saturated heterocycles. The molecule has 0 spiro atoms. The summed E-state index contributed by atoms with van der Waals surface area (Å²) in [6.07, 6.45) is 2.79. The Morgan fingerprint density at radius 3 is 2.37 bits per heavy atom. The van der Waals surface area contributed by atoms with Crippen LogP contribution in [0.3, 0.4) is 0 Å². The fraction of sp³-hybridized carbons (Fsp3) is 0.345. The minimum absolute atomic E-state index is 0. The molecule has 6 heteroatoms. The summed E-state index contributed by atoms with van der Waals surface area (Å²) in [5.41, 5.74) is 6.51. The number of hydrogen-bond donors (Lipinski definition) is 1. The Balaban J connectivity index is 0.00000342. The largest absolute Gasteiger partial charge is 0.384 e. The van der Waals surface area contributed by atoms with Crippen LogP contribution < -0.4 is 5.32 Å². The summed E-state index contributed by atoms with van der Waals surface area (Å²) in [7, 11) is 0. The maximum Gasteiger partial charge on any atom is 0.256 e. The molecule has 0 bridgehead atoms. The predicted molar refractivity (Wildman–Crippen MR) is 151 cm³/mol. The van der Waals surface area contributed by atoms with Crippen LogP contribution in [-0.4, -0.2) is 23.9 Å². The van der Waals surface area contributed by atoms with E-state index in [2.05, 4.69) is 56.4 Å². The number of carbonyl (C=O) groups is 1. The zero-order valence-corrected chi connectivity index (χ0v) is 22.9. The van der Waals surface area contributed by atoms with E-state index in [4.69, 9.17) is 23.2 Å². The molecule has 0 unspecified atom stereocenters. The van der Waals surface area contributed by atoms with E-state index in [0.29, 0.717) is 29.6 Å². The quantitative estimate of drug-likeness (QED) is 0.350. The molecule has 3 nitrogen and oxygen atoms in total. The van der Waals surface area contributed by atoms with Gasteiger partial charge in [0.05, 0.1) is 21.3 Å².